The van der Waals surface area contributed by atoms with Crippen LogP contribution in [0, 0.1) is 0 Å². The van der Waals surface area contributed by atoms with Crippen molar-refractivity contribution >= 4 is 11.8 Å². The maximum Gasteiger partial charge on any atom is 0.231 e. The van der Waals surface area contributed by atoms with E-state index in [2.05, 4.69) is 25.0 Å². The highest BCUT2D eigenvalue weighted by Gasteiger charge is 2.29. The third kappa shape index (κ3) is 3.51. The lowest BCUT2D eigenvalue weighted by Gasteiger charge is -2.34. The average Bonchev–Trinajstić information content (AvgIpc) is 3.15. The van der Waals surface area contributed by atoms with Crippen molar-refractivity contribution in [2.45, 2.75) is 50.9 Å². The number of nitrogen functional groups attached to an aromatic ring is 1. The number of piperidine rings is 1. The molecule has 0 spiro atoms. The fraction of sp³-hybridized carbons (Fsp3) is 0.667. The molecular weight excluding hydrogens is 332 g/mol. The van der Waals surface area contributed by atoms with Gasteiger partial charge in [0.05, 0.1) is 18.2 Å². The molecule has 4 rings (SSSR count). The molecule has 8 heteroatoms. The summed E-state index contributed by atoms with van der Waals surface area (Å²) in [5.41, 5.74) is 8.38. The van der Waals surface area contributed by atoms with Crippen LogP contribution in [0.5, 0.6) is 0 Å². The van der Waals surface area contributed by atoms with Gasteiger partial charge in [0.1, 0.15) is 5.82 Å². The van der Waals surface area contributed by atoms with E-state index in [1.165, 1.54) is 18.4 Å². The van der Waals surface area contributed by atoms with E-state index in [0.29, 0.717) is 24.8 Å². The van der Waals surface area contributed by atoms with Gasteiger partial charge < -0.3 is 19.9 Å². The van der Waals surface area contributed by atoms with Gasteiger partial charge >= 0.3 is 0 Å². The Morgan fingerprint density at radius 3 is 2.96 bits per heavy atom. The van der Waals surface area contributed by atoms with Crippen LogP contribution >= 0.6 is 0 Å². The first kappa shape index (κ1) is 17.2. The molecule has 1 saturated heterocycles. The van der Waals surface area contributed by atoms with Crippen LogP contribution < -0.4 is 10.6 Å². The van der Waals surface area contributed by atoms with Crippen molar-refractivity contribution in [3.63, 3.8) is 0 Å². The second-order valence-electron chi connectivity index (χ2n) is 7.11. The van der Waals surface area contributed by atoms with Gasteiger partial charge in [0, 0.05) is 32.2 Å². The second kappa shape index (κ2) is 7.57. The zero-order valence-electron chi connectivity index (χ0n) is 15.3. The molecule has 2 N–H and O–H groups in total. The molecule has 8 nitrogen and oxygen atoms in total. The highest BCUT2D eigenvalue weighted by Crippen LogP contribution is 2.33. The molecule has 0 bridgehead atoms. The second-order valence-corrected chi connectivity index (χ2v) is 7.11. The minimum Gasteiger partial charge on any atom is -0.384 e. The first-order valence-electron chi connectivity index (χ1n) is 9.46. The van der Waals surface area contributed by atoms with Crippen LogP contribution in [0.2, 0.25) is 0 Å². The number of hydrogen-bond donors (Lipinski definition) is 1. The largest absolute Gasteiger partial charge is 0.384 e. The Morgan fingerprint density at radius 1 is 1.19 bits per heavy atom. The SMILES string of the molecule is COCCc1noc([C@@H]2CCCN(c3nc(N)nc4c3CCCC4)C2)n1. The van der Waals surface area contributed by atoms with Gasteiger partial charge in [-0.3, -0.25) is 0 Å². The summed E-state index contributed by atoms with van der Waals surface area (Å²) in [4.78, 5) is 16.0. The van der Waals surface area contributed by atoms with Crippen molar-refractivity contribution in [1.82, 2.24) is 20.1 Å². The van der Waals surface area contributed by atoms with Gasteiger partial charge in [-0.05, 0) is 38.5 Å². The predicted octanol–water partition coefficient (Wildman–Crippen LogP) is 1.89. The maximum absolute atomic E-state index is 5.98. The summed E-state index contributed by atoms with van der Waals surface area (Å²) in [6, 6.07) is 0. The smallest absolute Gasteiger partial charge is 0.231 e. The fourth-order valence-corrected chi connectivity index (χ4v) is 3.95. The van der Waals surface area contributed by atoms with E-state index in [9.17, 15) is 0 Å². The first-order chi connectivity index (χ1) is 12.7. The molecule has 140 valence electrons. The zero-order valence-corrected chi connectivity index (χ0v) is 15.3. The minimum atomic E-state index is 0.225. The van der Waals surface area contributed by atoms with Crippen molar-refractivity contribution in [2.75, 3.05) is 37.4 Å². The average molecular weight is 358 g/mol. The van der Waals surface area contributed by atoms with Gasteiger partial charge in [0.25, 0.3) is 0 Å². The summed E-state index contributed by atoms with van der Waals surface area (Å²) in [6.45, 7) is 2.40. The Labute approximate surface area is 153 Å². The van der Waals surface area contributed by atoms with E-state index in [0.717, 1.165) is 56.2 Å². The molecule has 1 aliphatic carbocycles. The minimum absolute atomic E-state index is 0.225. The van der Waals surface area contributed by atoms with Crippen molar-refractivity contribution < 1.29 is 9.26 Å². The molecule has 0 amide bonds. The molecular formula is C18H26N6O2. The molecule has 1 atom stereocenters. The van der Waals surface area contributed by atoms with Crippen LogP contribution in [0.25, 0.3) is 0 Å². The molecule has 1 fully saturated rings. The van der Waals surface area contributed by atoms with Gasteiger partial charge in [-0.2, -0.15) is 9.97 Å². The van der Waals surface area contributed by atoms with E-state index in [4.69, 9.17) is 15.0 Å². The number of nitrogens with zero attached hydrogens (tertiary/aromatic N) is 5. The summed E-state index contributed by atoms with van der Waals surface area (Å²) in [5, 5.41) is 4.08. The molecule has 0 unspecified atom stereocenters. The van der Waals surface area contributed by atoms with Crippen molar-refractivity contribution in [2.24, 2.45) is 0 Å². The Hall–Kier alpha value is -2.22. The quantitative estimate of drug-likeness (QED) is 0.864. The maximum atomic E-state index is 5.98. The lowest BCUT2D eigenvalue weighted by atomic mass is 9.94. The van der Waals surface area contributed by atoms with Crippen molar-refractivity contribution in [3.05, 3.63) is 23.0 Å². The van der Waals surface area contributed by atoms with Crippen LogP contribution in [-0.4, -0.2) is 46.9 Å². The summed E-state index contributed by atoms with van der Waals surface area (Å²) in [5.74, 6) is 3.04. The number of ether oxygens (including phenoxy) is 1. The Morgan fingerprint density at radius 2 is 2.08 bits per heavy atom. The number of hydrogen-bond acceptors (Lipinski definition) is 8. The molecule has 26 heavy (non-hydrogen) atoms. The van der Waals surface area contributed by atoms with Gasteiger partial charge in [-0.1, -0.05) is 5.16 Å². The molecule has 2 aliphatic rings. The van der Waals surface area contributed by atoms with Gasteiger partial charge in [0.2, 0.25) is 11.8 Å². The topological polar surface area (TPSA) is 103 Å². The molecule has 0 aromatic carbocycles. The van der Waals surface area contributed by atoms with Crippen LogP contribution in [0.3, 0.4) is 0 Å². The zero-order chi connectivity index (χ0) is 17.9. The number of aryl methyl sites for hydroxylation is 1. The Balaban J connectivity index is 1.54. The summed E-state index contributed by atoms with van der Waals surface area (Å²) >= 11 is 0. The number of rotatable bonds is 5. The normalized spacial score (nSPS) is 20.2. The monoisotopic (exact) mass is 358 g/mol. The molecule has 3 heterocycles. The Bertz CT molecular complexity index is 762. The highest BCUT2D eigenvalue weighted by molar-refractivity contribution is 5.53. The van der Waals surface area contributed by atoms with Gasteiger partial charge in [0.15, 0.2) is 5.82 Å². The van der Waals surface area contributed by atoms with Crippen LogP contribution in [-0.2, 0) is 24.0 Å². The molecule has 1 aliphatic heterocycles. The number of nitrogens with two attached hydrogens (primary N) is 1. The van der Waals surface area contributed by atoms with Crippen molar-refractivity contribution in [3.8, 4) is 0 Å². The molecule has 2 aromatic rings. The third-order valence-corrected chi connectivity index (χ3v) is 5.26. The van der Waals surface area contributed by atoms with E-state index in [-0.39, 0.29) is 5.92 Å². The van der Waals surface area contributed by atoms with Crippen molar-refractivity contribution in [1.29, 1.82) is 0 Å². The molecule has 0 radical (unpaired) electrons. The third-order valence-electron chi connectivity index (χ3n) is 5.26. The molecule has 0 saturated carbocycles. The van der Waals surface area contributed by atoms with Gasteiger partial charge in [-0.15, -0.1) is 0 Å². The van der Waals surface area contributed by atoms with Crippen LogP contribution in [0.15, 0.2) is 4.52 Å². The van der Waals surface area contributed by atoms with E-state index in [1.54, 1.807) is 7.11 Å². The first-order valence-corrected chi connectivity index (χ1v) is 9.46. The van der Waals surface area contributed by atoms with Crippen LogP contribution in [0.1, 0.15) is 54.6 Å². The standard InChI is InChI=1S/C18H26N6O2/c1-25-10-8-15-21-17(26-23-15)12-5-4-9-24(11-12)16-13-6-2-3-7-14(13)20-18(19)22-16/h12H,2-11H2,1H3,(H2,19,20,22)/t12-/m1/s1. The number of fused-ring (bicyclic) bond motifs is 1. The number of anilines is 2. The van der Waals surface area contributed by atoms with Crippen LogP contribution in [0.4, 0.5) is 11.8 Å². The summed E-state index contributed by atoms with van der Waals surface area (Å²) in [6.07, 6.45) is 7.19. The highest BCUT2D eigenvalue weighted by atomic mass is 16.5. The summed E-state index contributed by atoms with van der Waals surface area (Å²) in [7, 11) is 1.67. The number of methoxy groups -OCH3 is 1. The fourth-order valence-electron chi connectivity index (χ4n) is 3.95. The lowest BCUT2D eigenvalue weighted by Crippen LogP contribution is -2.36. The van der Waals surface area contributed by atoms with E-state index in [1.807, 2.05) is 0 Å². The number of aromatic nitrogens is 4. The lowest BCUT2D eigenvalue weighted by molar-refractivity contribution is 0.199. The van der Waals surface area contributed by atoms with Gasteiger partial charge in [-0.25, -0.2) is 4.98 Å². The van der Waals surface area contributed by atoms with E-state index < -0.39 is 0 Å². The molecule has 2 aromatic heterocycles. The summed E-state index contributed by atoms with van der Waals surface area (Å²) < 4.78 is 10.6. The predicted molar refractivity (Wildman–Crippen MR) is 97.2 cm³/mol. The van der Waals surface area contributed by atoms with E-state index >= 15 is 0 Å². The Kier molecular flexibility index (Phi) is 5.01.